The lowest BCUT2D eigenvalue weighted by Gasteiger charge is -2.02. The molecule has 0 atom stereocenters. The SMILES string of the molecule is CC(=O)/C(C=Nc1cnc2ccc(Cl)cn2c1=O)=C(\C)O. The molecular formula is C14H12ClN3O3. The zero-order valence-electron chi connectivity index (χ0n) is 11.4. The average molecular weight is 306 g/mol. The van der Waals surface area contributed by atoms with E-state index in [0.717, 1.165) is 6.21 Å². The van der Waals surface area contributed by atoms with E-state index in [2.05, 4.69) is 9.98 Å². The first-order chi connectivity index (χ1) is 9.90. The molecule has 6 nitrogen and oxygen atoms in total. The van der Waals surface area contributed by atoms with Crippen molar-refractivity contribution in [2.24, 2.45) is 4.99 Å². The van der Waals surface area contributed by atoms with Crippen molar-refractivity contribution in [1.82, 2.24) is 9.38 Å². The predicted molar refractivity (Wildman–Crippen MR) is 80.6 cm³/mol. The van der Waals surface area contributed by atoms with Crippen molar-refractivity contribution >= 4 is 34.9 Å². The molecule has 0 amide bonds. The number of halogens is 1. The van der Waals surface area contributed by atoms with E-state index in [4.69, 9.17) is 11.6 Å². The molecule has 0 spiro atoms. The predicted octanol–water partition coefficient (Wildman–Crippen LogP) is 2.47. The van der Waals surface area contributed by atoms with Gasteiger partial charge in [-0.25, -0.2) is 9.98 Å². The number of hydrogen-bond acceptors (Lipinski definition) is 5. The summed E-state index contributed by atoms with van der Waals surface area (Å²) in [6.45, 7) is 2.67. The van der Waals surface area contributed by atoms with Crippen LogP contribution in [0.2, 0.25) is 5.02 Å². The molecule has 7 heteroatoms. The minimum absolute atomic E-state index is 0.0330. The molecule has 0 aliphatic rings. The quantitative estimate of drug-likeness (QED) is 0.536. The summed E-state index contributed by atoms with van der Waals surface area (Å²) in [6, 6.07) is 3.23. The summed E-state index contributed by atoms with van der Waals surface area (Å²) >= 11 is 5.84. The van der Waals surface area contributed by atoms with Gasteiger partial charge in [0, 0.05) is 12.4 Å². The number of aliphatic hydroxyl groups excluding tert-OH is 1. The minimum Gasteiger partial charge on any atom is -0.512 e. The third-order valence-corrected chi connectivity index (χ3v) is 2.97. The summed E-state index contributed by atoms with van der Waals surface area (Å²) in [6.07, 6.45) is 3.88. The number of Topliss-reactive ketones (excluding diaryl/α,β-unsaturated/α-hetero) is 1. The fourth-order valence-electron chi connectivity index (χ4n) is 1.70. The molecule has 0 saturated heterocycles. The van der Waals surface area contributed by atoms with Crippen LogP contribution in [0.5, 0.6) is 0 Å². The van der Waals surface area contributed by atoms with Crippen molar-refractivity contribution < 1.29 is 9.90 Å². The Hall–Kier alpha value is -2.47. The van der Waals surface area contributed by atoms with Gasteiger partial charge in [-0.15, -0.1) is 0 Å². The smallest absolute Gasteiger partial charge is 0.283 e. The molecule has 0 radical (unpaired) electrons. The normalized spacial score (nSPS) is 12.7. The summed E-state index contributed by atoms with van der Waals surface area (Å²) < 4.78 is 1.26. The van der Waals surface area contributed by atoms with Crippen LogP contribution in [0.3, 0.4) is 0 Å². The van der Waals surface area contributed by atoms with Gasteiger partial charge in [0.05, 0.1) is 16.8 Å². The molecule has 0 unspecified atom stereocenters. The molecule has 2 aromatic rings. The van der Waals surface area contributed by atoms with Gasteiger partial charge in [0.1, 0.15) is 17.1 Å². The molecule has 0 bridgehead atoms. The number of pyridine rings is 1. The van der Waals surface area contributed by atoms with E-state index in [0.29, 0.717) is 10.7 Å². The van der Waals surface area contributed by atoms with Gasteiger partial charge < -0.3 is 5.11 Å². The number of ketones is 1. The first kappa shape index (κ1) is 14.9. The van der Waals surface area contributed by atoms with Gasteiger partial charge in [-0.1, -0.05) is 11.6 Å². The lowest BCUT2D eigenvalue weighted by Crippen LogP contribution is -2.14. The Labute approximate surface area is 125 Å². The average Bonchev–Trinajstić information content (AvgIpc) is 2.41. The molecule has 0 aliphatic heterocycles. The third-order valence-electron chi connectivity index (χ3n) is 2.75. The van der Waals surface area contributed by atoms with Crippen LogP contribution in [0.1, 0.15) is 13.8 Å². The lowest BCUT2D eigenvalue weighted by atomic mass is 10.2. The first-order valence-electron chi connectivity index (χ1n) is 6.02. The standard InChI is InChI=1S/C14H12ClN3O3/c1-8(19)11(9(2)20)5-16-12-6-17-13-4-3-10(15)7-18(13)14(12)21/h3-7,19H,1-2H3/b11-8+,16-5?. The fourth-order valence-corrected chi connectivity index (χ4v) is 1.86. The monoisotopic (exact) mass is 305 g/mol. The lowest BCUT2D eigenvalue weighted by molar-refractivity contribution is -0.113. The second-order valence-corrected chi connectivity index (χ2v) is 4.77. The maximum absolute atomic E-state index is 12.2. The molecule has 1 N–H and O–H groups in total. The van der Waals surface area contributed by atoms with Crippen molar-refractivity contribution in [2.45, 2.75) is 13.8 Å². The van der Waals surface area contributed by atoms with Gasteiger partial charge >= 0.3 is 0 Å². The Bertz CT molecular complexity index is 833. The van der Waals surface area contributed by atoms with E-state index in [9.17, 15) is 14.7 Å². The van der Waals surface area contributed by atoms with Gasteiger partial charge in [0.2, 0.25) is 0 Å². The van der Waals surface area contributed by atoms with E-state index in [1.54, 1.807) is 12.1 Å². The van der Waals surface area contributed by atoms with Crippen molar-refractivity contribution in [3.8, 4) is 0 Å². The number of fused-ring (bicyclic) bond motifs is 1. The van der Waals surface area contributed by atoms with Crippen molar-refractivity contribution in [1.29, 1.82) is 0 Å². The van der Waals surface area contributed by atoms with Gasteiger partial charge in [-0.05, 0) is 26.0 Å². The molecule has 108 valence electrons. The van der Waals surface area contributed by atoms with E-state index >= 15 is 0 Å². The molecule has 21 heavy (non-hydrogen) atoms. The van der Waals surface area contributed by atoms with Crippen LogP contribution < -0.4 is 5.56 Å². The number of rotatable bonds is 3. The third kappa shape index (κ3) is 3.17. The fraction of sp³-hybridized carbons (Fsp3) is 0.143. The maximum atomic E-state index is 12.2. The van der Waals surface area contributed by atoms with Crippen LogP contribution in [0.25, 0.3) is 5.65 Å². The largest absolute Gasteiger partial charge is 0.512 e. The molecule has 2 heterocycles. The highest BCUT2D eigenvalue weighted by Gasteiger charge is 2.07. The summed E-state index contributed by atoms with van der Waals surface area (Å²) in [5.41, 5.74) is 0.0848. The maximum Gasteiger partial charge on any atom is 0.283 e. The summed E-state index contributed by atoms with van der Waals surface area (Å²) in [7, 11) is 0. The number of hydrogen-bond donors (Lipinski definition) is 1. The number of allylic oxidation sites excluding steroid dienone is 2. The molecule has 0 aliphatic carbocycles. The van der Waals surface area contributed by atoms with E-state index in [-0.39, 0.29) is 22.8 Å². The van der Waals surface area contributed by atoms with Gasteiger partial charge in [0.15, 0.2) is 5.78 Å². The van der Waals surface area contributed by atoms with Crippen LogP contribution in [0.4, 0.5) is 5.69 Å². The molecule has 2 aromatic heterocycles. The van der Waals surface area contributed by atoms with Crippen molar-refractivity contribution in [2.75, 3.05) is 0 Å². The van der Waals surface area contributed by atoms with E-state index < -0.39 is 5.56 Å². The Morgan fingerprint density at radius 3 is 2.76 bits per heavy atom. The van der Waals surface area contributed by atoms with Crippen LogP contribution in [0, 0.1) is 0 Å². The number of carbonyl (C=O) groups is 1. The van der Waals surface area contributed by atoms with Crippen LogP contribution >= 0.6 is 11.6 Å². The zero-order valence-corrected chi connectivity index (χ0v) is 12.1. The van der Waals surface area contributed by atoms with Crippen molar-refractivity contribution in [3.05, 3.63) is 51.2 Å². The highest BCUT2D eigenvalue weighted by molar-refractivity contribution is 6.30. The Kier molecular flexibility index (Phi) is 4.18. The number of aromatic nitrogens is 2. The second kappa shape index (κ2) is 5.88. The van der Waals surface area contributed by atoms with E-state index in [1.165, 1.54) is 30.6 Å². The Balaban J connectivity index is 2.54. The van der Waals surface area contributed by atoms with Crippen LogP contribution in [-0.2, 0) is 4.79 Å². The van der Waals surface area contributed by atoms with Gasteiger partial charge in [-0.3, -0.25) is 14.0 Å². The summed E-state index contributed by atoms with van der Waals surface area (Å²) in [5, 5.41) is 9.78. The second-order valence-electron chi connectivity index (χ2n) is 4.34. The molecule has 0 fully saturated rings. The number of aliphatic hydroxyl groups is 1. The molecular weight excluding hydrogens is 294 g/mol. The Morgan fingerprint density at radius 2 is 2.14 bits per heavy atom. The number of nitrogens with zero attached hydrogens (tertiary/aromatic N) is 3. The topological polar surface area (TPSA) is 84.0 Å². The number of carbonyl (C=O) groups excluding carboxylic acids is 1. The van der Waals surface area contributed by atoms with Crippen molar-refractivity contribution in [3.63, 3.8) is 0 Å². The van der Waals surface area contributed by atoms with Crippen LogP contribution in [0.15, 0.2) is 45.6 Å². The number of aliphatic imine (C=N–C) groups is 1. The summed E-state index contributed by atoms with van der Waals surface area (Å²) in [4.78, 5) is 31.5. The minimum atomic E-state index is -0.419. The molecule has 2 rings (SSSR count). The first-order valence-corrected chi connectivity index (χ1v) is 6.39. The zero-order chi connectivity index (χ0) is 15.6. The molecule has 0 aromatic carbocycles. The highest BCUT2D eigenvalue weighted by Crippen LogP contribution is 2.11. The Morgan fingerprint density at radius 1 is 1.43 bits per heavy atom. The summed E-state index contributed by atoms with van der Waals surface area (Å²) in [5.74, 6) is -0.515. The van der Waals surface area contributed by atoms with E-state index in [1.807, 2.05) is 0 Å². The van der Waals surface area contributed by atoms with Gasteiger partial charge in [0.25, 0.3) is 5.56 Å². The highest BCUT2D eigenvalue weighted by atomic mass is 35.5. The van der Waals surface area contributed by atoms with Crippen LogP contribution in [-0.4, -0.2) is 26.5 Å². The molecule has 0 saturated carbocycles. The van der Waals surface area contributed by atoms with Gasteiger partial charge in [-0.2, -0.15) is 0 Å².